The van der Waals surface area contributed by atoms with Crippen molar-refractivity contribution in [2.75, 3.05) is 13.7 Å². The summed E-state index contributed by atoms with van der Waals surface area (Å²) in [6, 6.07) is 0. The molecule has 4 aliphatic carbocycles. The number of ketones is 1. The molecule has 212 valence electrons. The Kier molecular flexibility index (Phi) is 6.63. The Balaban J connectivity index is 1.19. The zero-order valence-corrected chi connectivity index (χ0v) is 23.2. The molecule has 6 aliphatic rings. The summed E-state index contributed by atoms with van der Waals surface area (Å²) in [5, 5.41) is 21.9. The van der Waals surface area contributed by atoms with Gasteiger partial charge in [-0.3, -0.25) is 4.79 Å². The van der Waals surface area contributed by atoms with E-state index in [1.54, 1.807) is 13.2 Å². The van der Waals surface area contributed by atoms with Crippen molar-refractivity contribution in [2.45, 2.75) is 115 Å². The largest absolute Gasteiger partial charge is 0.458 e. The number of rotatable bonds is 4. The van der Waals surface area contributed by atoms with Crippen LogP contribution in [0.25, 0.3) is 0 Å². The van der Waals surface area contributed by atoms with Crippen molar-refractivity contribution in [2.24, 2.45) is 34.0 Å². The number of fused-ring (bicyclic) bond motifs is 3. The smallest absolute Gasteiger partial charge is 0.331 e. The molecule has 12 atom stereocenters. The van der Waals surface area contributed by atoms with Gasteiger partial charge in [-0.25, -0.2) is 4.79 Å². The SMILES string of the molecule is COC1CC(OC2CCC3(C)C(C2)C(O)CC24CCC(C5=CC(=O)OC5)C(C)(CCC23)C4=O)OC(C)C1O. The lowest BCUT2D eigenvalue weighted by molar-refractivity contribution is -0.276. The molecule has 2 heterocycles. The van der Waals surface area contributed by atoms with Gasteiger partial charge >= 0.3 is 5.97 Å². The molecule has 5 fully saturated rings. The number of carbonyl (C=O) groups is 2. The molecule has 0 aromatic heterocycles. The van der Waals surface area contributed by atoms with Gasteiger partial charge in [-0.15, -0.1) is 0 Å². The molecule has 4 saturated carbocycles. The van der Waals surface area contributed by atoms with Crippen molar-refractivity contribution in [3.05, 3.63) is 11.6 Å². The van der Waals surface area contributed by atoms with E-state index in [1.165, 1.54) is 0 Å². The molecule has 0 radical (unpaired) electrons. The minimum Gasteiger partial charge on any atom is -0.458 e. The molecular formula is C30H44O8. The topological polar surface area (TPSA) is 112 Å². The van der Waals surface area contributed by atoms with Crippen LogP contribution in [0.15, 0.2) is 11.6 Å². The molecule has 8 heteroatoms. The van der Waals surface area contributed by atoms with Crippen LogP contribution in [0.3, 0.4) is 0 Å². The predicted molar refractivity (Wildman–Crippen MR) is 137 cm³/mol. The van der Waals surface area contributed by atoms with E-state index < -0.39 is 29.3 Å². The summed E-state index contributed by atoms with van der Waals surface area (Å²) in [5.41, 5.74) is -0.149. The van der Waals surface area contributed by atoms with Crippen LogP contribution in [-0.4, -0.2) is 72.5 Å². The van der Waals surface area contributed by atoms with Crippen LogP contribution >= 0.6 is 0 Å². The Labute approximate surface area is 225 Å². The summed E-state index contributed by atoms with van der Waals surface area (Å²) in [7, 11) is 1.60. The van der Waals surface area contributed by atoms with Gasteiger partial charge in [-0.2, -0.15) is 0 Å². The van der Waals surface area contributed by atoms with Crippen LogP contribution in [-0.2, 0) is 28.5 Å². The molecule has 0 aromatic rings. The summed E-state index contributed by atoms with van der Waals surface area (Å²) < 4.78 is 23.0. The van der Waals surface area contributed by atoms with E-state index in [2.05, 4.69) is 13.8 Å². The highest BCUT2D eigenvalue weighted by molar-refractivity contribution is 5.94. The highest BCUT2D eigenvalue weighted by Crippen LogP contribution is 2.70. The molecule has 1 saturated heterocycles. The monoisotopic (exact) mass is 532 g/mol. The summed E-state index contributed by atoms with van der Waals surface area (Å²) in [4.78, 5) is 26.2. The first-order valence-corrected chi connectivity index (χ1v) is 14.6. The van der Waals surface area contributed by atoms with E-state index in [1.807, 2.05) is 6.92 Å². The van der Waals surface area contributed by atoms with E-state index >= 15 is 0 Å². The lowest BCUT2D eigenvalue weighted by Crippen LogP contribution is -2.67. The first kappa shape index (κ1) is 26.9. The number of aliphatic hydroxyl groups excluding tert-OH is 2. The van der Waals surface area contributed by atoms with E-state index in [9.17, 15) is 19.8 Å². The Morgan fingerprint density at radius 1 is 1.05 bits per heavy atom. The third kappa shape index (κ3) is 3.88. The molecule has 38 heavy (non-hydrogen) atoms. The van der Waals surface area contributed by atoms with Crippen molar-refractivity contribution in [3.8, 4) is 0 Å². The number of methoxy groups -OCH3 is 1. The first-order chi connectivity index (χ1) is 18.0. The van der Waals surface area contributed by atoms with Gasteiger partial charge in [0.15, 0.2) is 6.29 Å². The number of ether oxygens (including phenoxy) is 4. The Bertz CT molecular complexity index is 1010. The maximum atomic E-state index is 14.4. The number of Topliss-reactive ketones (excluding diaryl/α,β-unsaturated/α-hetero) is 1. The standard InChI is InChI=1S/C30H44O8/c1-16-26(33)22(35-4)13-25(37-16)38-18-5-8-28(2)20(12-18)21(31)14-30-10-6-19(17-11-24(32)36-15-17)29(3,27(30)34)9-7-23(28)30/h11,16,18-23,25-26,31,33H,5-10,12-15H2,1-4H3. The first-order valence-electron chi connectivity index (χ1n) is 14.6. The number of esters is 1. The minimum absolute atomic E-state index is 0.0335. The Morgan fingerprint density at radius 3 is 2.55 bits per heavy atom. The molecule has 1 spiro atoms. The molecule has 12 unspecified atom stereocenters. The molecule has 0 amide bonds. The van der Waals surface area contributed by atoms with Crippen LogP contribution in [0, 0.1) is 34.0 Å². The number of carbonyl (C=O) groups excluding carboxylic acids is 2. The zero-order chi connectivity index (χ0) is 27.0. The summed E-state index contributed by atoms with van der Waals surface area (Å²) in [5.74, 6) is 0.380. The quantitative estimate of drug-likeness (QED) is 0.419. The van der Waals surface area contributed by atoms with Crippen molar-refractivity contribution >= 4 is 11.8 Å². The molecule has 2 aliphatic heterocycles. The molecule has 8 nitrogen and oxygen atoms in total. The summed E-state index contributed by atoms with van der Waals surface area (Å²) >= 11 is 0. The van der Waals surface area contributed by atoms with Gasteiger partial charge in [-0.1, -0.05) is 13.8 Å². The number of hydrogen-bond donors (Lipinski definition) is 2. The van der Waals surface area contributed by atoms with Gasteiger partial charge in [-0.05, 0) is 87.0 Å². The Morgan fingerprint density at radius 2 is 1.84 bits per heavy atom. The van der Waals surface area contributed by atoms with Crippen LogP contribution in [0.4, 0.5) is 0 Å². The predicted octanol–water partition coefficient (Wildman–Crippen LogP) is 3.32. The van der Waals surface area contributed by atoms with Gasteiger partial charge in [0.05, 0.1) is 24.4 Å². The highest BCUT2D eigenvalue weighted by atomic mass is 16.7. The minimum atomic E-state index is -0.673. The van der Waals surface area contributed by atoms with Gasteiger partial charge < -0.3 is 29.2 Å². The van der Waals surface area contributed by atoms with Crippen LogP contribution in [0.1, 0.15) is 78.6 Å². The zero-order valence-electron chi connectivity index (χ0n) is 23.2. The average molecular weight is 533 g/mol. The molecule has 6 rings (SSSR count). The second kappa shape index (κ2) is 9.37. The molecular weight excluding hydrogens is 488 g/mol. The number of aliphatic hydroxyl groups is 2. The van der Waals surface area contributed by atoms with E-state index in [0.29, 0.717) is 25.2 Å². The van der Waals surface area contributed by atoms with Crippen LogP contribution < -0.4 is 0 Å². The van der Waals surface area contributed by atoms with Gasteiger partial charge in [0, 0.05) is 30.4 Å². The van der Waals surface area contributed by atoms with E-state index in [-0.39, 0.29) is 47.4 Å². The van der Waals surface area contributed by atoms with Crippen molar-refractivity contribution in [1.82, 2.24) is 0 Å². The second-order valence-electron chi connectivity index (χ2n) is 13.6. The fraction of sp³-hybridized carbons (Fsp3) is 0.867. The van der Waals surface area contributed by atoms with E-state index in [4.69, 9.17) is 18.9 Å². The fourth-order valence-electron chi connectivity index (χ4n) is 9.93. The number of cyclic esters (lactones) is 1. The maximum absolute atomic E-state index is 14.4. The molecule has 0 aromatic carbocycles. The van der Waals surface area contributed by atoms with Crippen LogP contribution in [0.2, 0.25) is 0 Å². The summed E-state index contributed by atoms with van der Waals surface area (Å²) in [6.07, 6.45) is 6.18. The molecule has 2 bridgehead atoms. The highest BCUT2D eigenvalue weighted by Gasteiger charge is 2.69. The number of hydrogen-bond acceptors (Lipinski definition) is 8. The van der Waals surface area contributed by atoms with Crippen molar-refractivity contribution in [3.63, 3.8) is 0 Å². The van der Waals surface area contributed by atoms with Gasteiger partial charge in [0.1, 0.15) is 18.5 Å². The van der Waals surface area contributed by atoms with Gasteiger partial charge in [0.2, 0.25) is 0 Å². The van der Waals surface area contributed by atoms with Crippen LogP contribution in [0.5, 0.6) is 0 Å². The lowest BCUT2D eigenvalue weighted by atomic mass is 9.36. The lowest BCUT2D eigenvalue weighted by Gasteiger charge is -2.67. The Hall–Kier alpha value is -1.32. The molecule has 2 N–H and O–H groups in total. The van der Waals surface area contributed by atoms with Gasteiger partial charge in [0.25, 0.3) is 0 Å². The third-order valence-electron chi connectivity index (χ3n) is 11.9. The van der Waals surface area contributed by atoms with E-state index in [0.717, 1.165) is 50.5 Å². The normalized spacial score (nSPS) is 52.6. The third-order valence-corrected chi connectivity index (χ3v) is 11.9. The maximum Gasteiger partial charge on any atom is 0.331 e. The second-order valence-corrected chi connectivity index (χ2v) is 13.6. The van der Waals surface area contributed by atoms with Crippen molar-refractivity contribution in [1.29, 1.82) is 0 Å². The average Bonchev–Trinajstić information content (AvgIpc) is 3.29. The van der Waals surface area contributed by atoms with Crippen molar-refractivity contribution < 1.29 is 38.7 Å². The fourth-order valence-corrected chi connectivity index (χ4v) is 9.93. The summed E-state index contributed by atoms with van der Waals surface area (Å²) in [6.45, 7) is 6.56.